The molecule has 4 heterocycles. The number of benzene rings is 1. The highest BCUT2D eigenvalue weighted by molar-refractivity contribution is 7.08. The first kappa shape index (κ1) is 16.1. The molecule has 27 heavy (non-hydrogen) atoms. The van der Waals surface area contributed by atoms with Crippen LogP contribution in [-0.4, -0.2) is 54.3 Å². The number of aromatic nitrogens is 6. The molecule has 1 N–H and O–H groups in total. The van der Waals surface area contributed by atoms with E-state index in [9.17, 15) is 4.79 Å². The number of nitrogens with zero attached hydrogens (tertiary/aromatic N) is 6. The third kappa shape index (κ3) is 2.99. The summed E-state index contributed by atoms with van der Waals surface area (Å²) in [7, 11) is 0. The minimum Gasteiger partial charge on any atom is -0.338 e. The molecule has 0 saturated carbocycles. The number of piperidine rings is 1. The molecule has 4 aromatic rings. The van der Waals surface area contributed by atoms with Crippen molar-refractivity contribution in [3.8, 4) is 11.3 Å². The minimum atomic E-state index is 0.0379. The summed E-state index contributed by atoms with van der Waals surface area (Å²) in [6.07, 6.45) is 3.73. The molecule has 1 saturated heterocycles. The van der Waals surface area contributed by atoms with Crippen LogP contribution in [0.3, 0.4) is 0 Å². The number of rotatable bonds is 3. The Balaban J connectivity index is 1.26. The van der Waals surface area contributed by atoms with E-state index in [-0.39, 0.29) is 11.9 Å². The van der Waals surface area contributed by atoms with Crippen LogP contribution in [0.1, 0.15) is 29.2 Å². The number of carbonyl (C=O) groups excluding carboxylic acids is 1. The quantitative estimate of drug-likeness (QED) is 0.591. The second-order valence-electron chi connectivity index (χ2n) is 6.65. The number of amides is 1. The lowest BCUT2D eigenvalue weighted by molar-refractivity contribution is 0.0689. The van der Waals surface area contributed by atoms with Crippen molar-refractivity contribution in [3.05, 3.63) is 46.8 Å². The summed E-state index contributed by atoms with van der Waals surface area (Å²) in [6.45, 7) is 1.40. The molecule has 1 aliphatic rings. The molecule has 8 nitrogen and oxygen atoms in total. The Bertz CT molecular complexity index is 1080. The van der Waals surface area contributed by atoms with Gasteiger partial charge in [-0.1, -0.05) is 5.21 Å². The average molecular weight is 379 g/mol. The fourth-order valence-corrected chi connectivity index (χ4v) is 4.14. The fraction of sp³-hybridized carbons (Fsp3) is 0.278. The molecule has 3 aromatic heterocycles. The number of thiophene rings is 1. The van der Waals surface area contributed by atoms with Crippen molar-refractivity contribution in [3.63, 3.8) is 0 Å². The molecule has 5 rings (SSSR count). The minimum absolute atomic E-state index is 0.0379. The Morgan fingerprint density at radius 2 is 2.00 bits per heavy atom. The standard InChI is InChI=1S/C18H17N7OS/c26-18(12-1-2-15-16(9-12)20-22-19-15)24-6-3-14(4-7-24)25-10-17(21-23-25)13-5-8-27-11-13/h1-2,5,8-11,14H,3-4,6-7H2,(H,19,20,22). The van der Waals surface area contributed by atoms with Crippen LogP contribution < -0.4 is 0 Å². The highest BCUT2D eigenvalue weighted by Crippen LogP contribution is 2.26. The van der Waals surface area contributed by atoms with Gasteiger partial charge in [0.25, 0.3) is 5.91 Å². The van der Waals surface area contributed by atoms with E-state index >= 15 is 0 Å². The van der Waals surface area contributed by atoms with E-state index in [4.69, 9.17) is 0 Å². The van der Waals surface area contributed by atoms with Gasteiger partial charge in [0.2, 0.25) is 0 Å². The predicted octanol–water partition coefficient (Wildman–Crippen LogP) is 2.76. The molecular formula is C18H17N7OS. The molecule has 0 atom stereocenters. The summed E-state index contributed by atoms with van der Waals surface area (Å²) in [4.78, 5) is 14.7. The normalized spacial score (nSPS) is 15.5. The number of carbonyl (C=O) groups is 1. The van der Waals surface area contributed by atoms with Gasteiger partial charge in [0.05, 0.1) is 12.2 Å². The van der Waals surface area contributed by atoms with Crippen molar-refractivity contribution >= 4 is 28.3 Å². The summed E-state index contributed by atoms with van der Waals surface area (Å²) >= 11 is 1.65. The number of likely N-dealkylation sites (tertiary alicyclic amines) is 1. The number of fused-ring (bicyclic) bond motifs is 1. The van der Waals surface area contributed by atoms with Gasteiger partial charge in [0.15, 0.2) is 0 Å². The van der Waals surface area contributed by atoms with Crippen LogP contribution >= 0.6 is 11.3 Å². The molecule has 0 aliphatic carbocycles. The van der Waals surface area contributed by atoms with Gasteiger partial charge in [0.1, 0.15) is 16.7 Å². The third-order valence-corrected chi connectivity index (χ3v) is 5.70. The lowest BCUT2D eigenvalue weighted by Gasteiger charge is -2.31. The van der Waals surface area contributed by atoms with E-state index in [1.807, 2.05) is 39.4 Å². The monoisotopic (exact) mass is 379 g/mol. The largest absolute Gasteiger partial charge is 0.338 e. The van der Waals surface area contributed by atoms with Crippen LogP contribution in [0.15, 0.2) is 41.2 Å². The Morgan fingerprint density at radius 3 is 2.81 bits per heavy atom. The molecule has 1 amide bonds. The van der Waals surface area contributed by atoms with Crippen LogP contribution in [0.5, 0.6) is 0 Å². The van der Waals surface area contributed by atoms with Crippen LogP contribution in [0.4, 0.5) is 0 Å². The average Bonchev–Trinajstić information content (AvgIpc) is 3.48. The molecular weight excluding hydrogens is 362 g/mol. The van der Waals surface area contributed by atoms with Gasteiger partial charge in [-0.05, 0) is 42.5 Å². The topological polar surface area (TPSA) is 92.6 Å². The molecule has 136 valence electrons. The molecule has 1 aromatic carbocycles. The van der Waals surface area contributed by atoms with Gasteiger partial charge in [-0.25, -0.2) is 4.68 Å². The van der Waals surface area contributed by atoms with E-state index in [0.29, 0.717) is 24.2 Å². The Morgan fingerprint density at radius 1 is 1.15 bits per heavy atom. The Kier molecular flexibility index (Phi) is 3.93. The second-order valence-corrected chi connectivity index (χ2v) is 7.43. The lowest BCUT2D eigenvalue weighted by atomic mass is 10.0. The molecule has 9 heteroatoms. The summed E-state index contributed by atoms with van der Waals surface area (Å²) < 4.78 is 1.94. The van der Waals surface area contributed by atoms with Crippen molar-refractivity contribution in [2.75, 3.05) is 13.1 Å². The van der Waals surface area contributed by atoms with Gasteiger partial charge in [-0.3, -0.25) is 4.79 Å². The smallest absolute Gasteiger partial charge is 0.253 e. The predicted molar refractivity (Wildman–Crippen MR) is 101 cm³/mol. The van der Waals surface area contributed by atoms with Crippen LogP contribution in [-0.2, 0) is 0 Å². The van der Waals surface area contributed by atoms with Crippen LogP contribution in [0.25, 0.3) is 22.3 Å². The number of hydrogen-bond donors (Lipinski definition) is 1. The van der Waals surface area contributed by atoms with E-state index in [0.717, 1.165) is 29.6 Å². The van der Waals surface area contributed by atoms with E-state index in [2.05, 4.69) is 31.1 Å². The summed E-state index contributed by atoms with van der Waals surface area (Å²) in [5.74, 6) is 0.0379. The molecule has 0 unspecified atom stereocenters. The highest BCUT2D eigenvalue weighted by atomic mass is 32.1. The fourth-order valence-electron chi connectivity index (χ4n) is 3.49. The number of hydrogen-bond acceptors (Lipinski definition) is 6. The maximum absolute atomic E-state index is 12.8. The van der Waals surface area contributed by atoms with Crippen molar-refractivity contribution in [2.24, 2.45) is 0 Å². The number of H-pyrrole nitrogens is 1. The maximum Gasteiger partial charge on any atom is 0.253 e. The zero-order valence-corrected chi connectivity index (χ0v) is 15.3. The first-order valence-corrected chi connectivity index (χ1v) is 9.76. The van der Waals surface area contributed by atoms with Gasteiger partial charge in [0, 0.05) is 29.6 Å². The number of nitrogens with one attached hydrogen (secondary N) is 1. The highest BCUT2D eigenvalue weighted by Gasteiger charge is 2.25. The third-order valence-electron chi connectivity index (χ3n) is 5.02. The Labute approximate surface area is 158 Å². The lowest BCUT2D eigenvalue weighted by Crippen LogP contribution is -2.39. The van der Waals surface area contributed by atoms with Gasteiger partial charge >= 0.3 is 0 Å². The van der Waals surface area contributed by atoms with Crippen molar-refractivity contribution < 1.29 is 4.79 Å². The van der Waals surface area contributed by atoms with Crippen molar-refractivity contribution in [1.82, 2.24) is 35.3 Å². The summed E-state index contributed by atoms with van der Waals surface area (Å²) in [5.41, 5.74) is 4.12. The van der Waals surface area contributed by atoms with E-state index in [1.165, 1.54) is 0 Å². The van der Waals surface area contributed by atoms with E-state index in [1.54, 1.807) is 17.4 Å². The first-order valence-electron chi connectivity index (χ1n) is 8.82. The Hall–Kier alpha value is -3.07. The van der Waals surface area contributed by atoms with Gasteiger partial charge in [-0.2, -0.15) is 26.7 Å². The molecule has 1 aliphatic heterocycles. The molecule has 1 fully saturated rings. The van der Waals surface area contributed by atoms with Crippen molar-refractivity contribution in [2.45, 2.75) is 18.9 Å². The van der Waals surface area contributed by atoms with Crippen LogP contribution in [0, 0.1) is 0 Å². The first-order chi connectivity index (χ1) is 13.3. The summed E-state index contributed by atoms with van der Waals surface area (Å²) in [5, 5.41) is 23.3. The van der Waals surface area contributed by atoms with Crippen molar-refractivity contribution in [1.29, 1.82) is 0 Å². The second kappa shape index (κ2) is 6.58. The van der Waals surface area contributed by atoms with Gasteiger partial charge < -0.3 is 4.90 Å². The maximum atomic E-state index is 12.8. The molecule has 0 radical (unpaired) electrons. The van der Waals surface area contributed by atoms with E-state index < -0.39 is 0 Å². The molecule has 0 bridgehead atoms. The zero-order chi connectivity index (χ0) is 18.2. The molecule has 0 spiro atoms. The van der Waals surface area contributed by atoms with Crippen LogP contribution in [0.2, 0.25) is 0 Å². The zero-order valence-electron chi connectivity index (χ0n) is 14.4. The van der Waals surface area contributed by atoms with Gasteiger partial charge in [-0.15, -0.1) is 5.10 Å². The number of aromatic amines is 1. The summed E-state index contributed by atoms with van der Waals surface area (Å²) in [6, 6.07) is 7.74. The SMILES string of the molecule is O=C(c1ccc2n[nH]nc2c1)N1CCC(n2cc(-c3ccsc3)nn2)CC1.